The summed E-state index contributed by atoms with van der Waals surface area (Å²) in [4.78, 5) is -0.0700. The van der Waals surface area contributed by atoms with Crippen LogP contribution in [0.5, 0.6) is 0 Å². The fraction of sp³-hybridized carbons (Fsp3) is 0.571. The first-order valence-electron chi connectivity index (χ1n) is 6.73. The number of nitrogens with one attached hydrogen (secondary N) is 1. The average Bonchev–Trinajstić information content (AvgIpc) is 2.37. The fourth-order valence-corrected chi connectivity index (χ4v) is 3.06. The summed E-state index contributed by atoms with van der Waals surface area (Å²) in [6, 6.07) is 3.62. The molecule has 1 N–H and O–H groups in total. The van der Waals surface area contributed by atoms with Crippen LogP contribution < -0.4 is 5.32 Å². The lowest BCUT2D eigenvalue weighted by atomic mass is 10.2. The highest BCUT2D eigenvalue weighted by molar-refractivity contribution is 7.91. The summed E-state index contributed by atoms with van der Waals surface area (Å²) in [5.41, 5.74) is -0.847. The number of alkyl halides is 3. The van der Waals surface area contributed by atoms with Crippen molar-refractivity contribution in [3.05, 3.63) is 29.8 Å². The number of hydrogen-bond donors (Lipinski definition) is 1. The quantitative estimate of drug-likeness (QED) is 0.784. The van der Waals surface area contributed by atoms with Crippen molar-refractivity contribution < 1.29 is 21.6 Å². The van der Waals surface area contributed by atoms with Gasteiger partial charge in [0.2, 0.25) is 0 Å². The SMILES string of the molecule is CC(C)CNCCCS(=O)(=O)c1ccc(C(F)(F)F)cc1. The zero-order valence-corrected chi connectivity index (χ0v) is 12.9. The number of sulfone groups is 1. The molecule has 0 radical (unpaired) electrons. The summed E-state index contributed by atoms with van der Waals surface area (Å²) in [7, 11) is -3.53. The zero-order valence-electron chi connectivity index (χ0n) is 12.1. The Morgan fingerprint density at radius 2 is 1.71 bits per heavy atom. The first kappa shape index (κ1) is 18.0. The Kier molecular flexibility index (Phi) is 6.22. The van der Waals surface area contributed by atoms with Crippen molar-refractivity contribution in [2.45, 2.75) is 31.3 Å². The van der Waals surface area contributed by atoms with Crippen LogP contribution in [0.2, 0.25) is 0 Å². The fourth-order valence-electron chi connectivity index (χ4n) is 1.75. The van der Waals surface area contributed by atoms with Gasteiger partial charge < -0.3 is 5.32 Å². The number of hydrogen-bond acceptors (Lipinski definition) is 3. The Hall–Kier alpha value is -1.08. The molecule has 0 saturated heterocycles. The minimum Gasteiger partial charge on any atom is -0.316 e. The van der Waals surface area contributed by atoms with Crippen LogP contribution in [0.4, 0.5) is 13.2 Å². The lowest BCUT2D eigenvalue weighted by Gasteiger charge is -2.09. The monoisotopic (exact) mass is 323 g/mol. The van der Waals surface area contributed by atoms with E-state index in [4.69, 9.17) is 0 Å². The number of benzene rings is 1. The highest BCUT2D eigenvalue weighted by Crippen LogP contribution is 2.29. The maximum Gasteiger partial charge on any atom is 0.416 e. The van der Waals surface area contributed by atoms with Crippen LogP contribution in [0, 0.1) is 5.92 Å². The van der Waals surface area contributed by atoms with Crippen molar-refractivity contribution in [1.29, 1.82) is 0 Å². The summed E-state index contributed by atoms with van der Waals surface area (Å²) in [6.07, 6.45) is -4.03. The molecule has 21 heavy (non-hydrogen) atoms. The van der Waals surface area contributed by atoms with Crippen LogP contribution in [-0.4, -0.2) is 27.3 Å². The highest BCUT2D eigenvalue weighted by atomic mass is 32.2. The lowest BCUT2D eigenvalue weighted by Crippen LogP contribution is -2.22. The van der Waals surface area contributed by atoms with Gasteiger partial charge in [-0.15, -0.1) is 0 Å². The van der Waals surface area contributed by atoms with E-state index in [-0.39, 0.29) is 10.6 Å². The predicted molar refractivity (Wildman–Crippen MR) is 75.8 cm³/mol. The van der Waals surface area contributed by atoms with Gasteiger partial charge in [0.25, 0.3) is 0 Å². The molecule has 1 aromatic rings. The van der Waals surface area contributed by atoms with Gasteiger partial charge in [-0.3, -0.25) is 0 Å². The van der Waals surface area contributed by atoms with E-state index in [1.165, 1.54) is 0 Å². The Morgan fingerprint density at radius 3 is 2.19 bits per heavy atom. The van der Waals surface area contributed by atoms with Gasteiger partial charge in [-0.2, -0.15) is 13.2 Å². The second kappa shape index (κ2) is 7.26. The minimum absolute atomic E-state index is 0.0700. The second-order valence-corrected chi connectivity index (χ2v) is 7.40. The predicted octanol–water partition coefficient (Wildman–Crippen LogP) is 3.11. The number of rotatable bonds is 7. The third kappa shape index (κ3) is 6.05. The van der Waals surface area contributed by atoms with Crippen LogP contribution in [0.3, 0.4) is 0 Å². The van der Waals surface area contributed by atoms with Crippen LogP contribution in [0.25, 0.3) is 0 Å². The Morgan fingerprint density at radius 1 is 1.14 bits per heavy atom. The minimum atomic E-state index is -4.46. The first-order chi connectivity index (χ1) is 9.63. The van der Waals surface area contributed by atoms with Crippen LogP contribution in [0.1, 0.15) is 25.8 Å². The molecule has 0 unspecified atom stereocenters. The van der Waals surface area contributed by atoms with Gasteiger partial charge in [-0.1, -0.05) is 13.8 Å². The van der Waals surface area contributed by atoms with Crippen molar-refractivity contribution in [1.82, 2.24) is 5.32 Å². The zero-order chi connectivity index (χ0) is 16.1. The standard InChI is InChI=1S/C14H20F3NO2S/c1-11(2)10-18-8-3-9-21(19,20)13-6-4-12(5-7-13)14(15,16)17/h4-7,11,18H,3,8-10H2,1-2H3. The summed E-state index contributed by atoms with van der Waals surface area (Å²) in [5.74, 6) is 0.403. The average molecular weight is 323 g/mol. The third-order valence-corrected chi connectivity index (χ3v) is 4.68. The third-order valence-electron chi connectivity index (χ3n) is 2.86. The molecule has 3 nitrogen and oxygen atoms in total. The molecule has 7 heteroatoms. The molecule has 0 spiro atoms. The van der Waals surface area contributed by atoms with Crippen molar-refractivity contribution in [2.75, 3.05) is 18.8 Å². The Labute approximate surface area is 123 Å². The molecule has 0 amide bonds. The summed E-state index contributed by atoms with van der Waals surface area (Å²) in [5, 5.41) is 3.12. The molecule has 0 heterocycles. The molecule has 0 aliphatic heterocycles. The molecule has 0 bridgehead atoms. The van der Waals surface area contributed by atoms with Crippen molar-refractivity contribution in [3.8, 4) is 0 Å². The van der Waals surface area contributed by atoms with E-state index in [0.29, 0.717) is 18.9 Å². The van der Waals surface area contributed by atoms with E-state index in [0.717, 1.165) is 30.8 Å². The van der Waals surface area contributed by atoms with Crippen molar-refractivity contribution >= 4 is 9.84 Å². The Balaban J connectivity index is 2.58. The molecule has 0 saturated carbocycles. The molecular weight excluding hydrogens is 303 g/mol. The van der Waals surface area contributed by atoms with Crippen molar-refractivity contribution in [3.63, 3.8) is 0 Å². The Bertz CT molecular complexity index is 536. The van der Waals surface area contributed by atoms with Crippen LogP contribution in [-0.2, 0) is 16.0 Å². The van der Waals surface area contributed by atoms with Gasteiger partial charge in [0.05, 0.1) is 16.2 Å². The molecule has 0 aliphatic rings. The van der Waals surface area contributed by atoms with Crippen molar-refractivity contribution in [2.24, 2.45) is 5.92 Å². The summed E-state index contributed by atoms with van der Waals surface area (Å²) < 4.78 is 61.2. The van der Waals surface area contributed by atoms with Crippen LogP contribution in [0.15, 0.2) is 29.2 Å². The van der Waals surface area contributed by atoms with Crippen LogP contribution >= 0.6 is 0 Å². The largest absolute Gasteiger partial charge is 0.416 e. The molecule has 120 valence electrons. The first-order valence-corrected chi connectivity index (χ1v) is 8.39. The lowest BCUT2D eigenvalue weighted by molar-refractivity contribution is -0.137. The smallest absolute Gasteiger partial charge is 0.316 e. The second-order valence-electron chi connectivity index (χ2n) is 5.29. The molecular formula is C14H20F3NO2S. The van der Waals surface area contributed by atoms with Gasteiger partial charge in [0.15, 0.2) is 9.84 Å². The molecule has 1 aromatic carbocycles. The number of halogens is 3. The maximum absolute atomic E-state index is 12.4. The summed E-state index contributed by atoms with van der Waals surface area (Å²) >= 11 is 0. The molecule has 1 rings (SSSR count). The van der Waals surface area contributed by atoms with E-state index in [9.17, 15) is 21.6 Å². The van der Waals surface area contributed by atoms with Gasteiger partial charge in [-0.25, -0.2) is 8.42 Å². The summed E-state index contributed by atoms with van der Waals surface area (Å²) in [6.45, 7) is 5.47. The topological polar surface area (TPSA) is 46.2 Å². The van der Waals surface area contributed by atoms with Gasteiger partial charge in [0, 0.05) is 0 Å². The van der Waals surface area contributed by atoms with E-state index in [1.54, 1.807) is 0 Å². The highest BCUT2D eigenvalue weighted by Gasteiger charge is 2.30. The molecule has 0 atom stereocenters. The van der Waals surface area contributed by atoms with Gasteiger partial charge >= 0.3 is 6.18 Å². The normalized spacial score (nSPS) is 12.9. The van der Waals surface area contributed by atoms with E-state index >= 15 is 0 Å². The molecule has 0 fully saturated rings. The van der Waals surface area contributed by atoms with E-state index in [2.05, 4.69) is 5.32 Å². The maximum atomic E-state index is 12.4. The van der Waals surface area contributed by atoms with Gasteiger partial charge in [-0.05, 0) is 49.7 Å². The van der Waals surface area contributed by atoms with Gasteiger partial charge in [0.1, 0.15) is 0 Å². The molecule has 0 aromatic heterocycles. The van der Waals surface area contributed by atoms with E-state index < -0.39 is 21.6 Å². The molecule has 0 aliphatic carbocycles. The van der Waals surface area contributed by atoms with E-state index in [1.807, 2.05) is 13.8 Å².